The second-order valence-electron chi connectivity index (χ2n) is 9.16. The predicted molar refractivity (Wildman–Crippen MR) is 143 cm³/mol. The highest BCUT2D eigenvalue weighted by atomic mass is 19.1. The summed E-state index contributed by atoms with van der Waals surface area (Å²) >= 11 is 0. The van der Waals surface area contributed by atoms with E-state index in [9.17, 15) is 10.1 Å². The van der Waals surface area contributed by atoms with Crippen LogP contribution in [0.5, 0.6) is 11.5 Å². The summed E-state index contributed by atoms with van der Waals surface area (Å²) in [5.41, 5.74) is 10.8. The molecule has 0 fully saturated rings. The molecule has 0 saturated heterocycles. The van der Waals surface area contributed by atoms with Crippen molar-refractivity contribution in [3.8, 4) is 17.6 Å². The fourth-order valence-corrected chi connectivity index (χ4v) is 3.42. The summed E-state index contributed by atoms with van der Waals surface area (Å²) < 4.78 is 20.7. The molecule has 2 aromatic carbocycles. The molecule has 1 aromatic heterocycles. The molecule has 3 aromatic rings. The van der Waals surface area contributed by atoms with E-state index in [0.717, 1.165) is 0 Å². The number of para-hydroxylation sites is 1. The molecule has 196 valence electrons. The van der Waals surface area contributed by atoms with Gasteiger partial charge in [-0.15, -0.1) is 0 Å². The van der Waals surface area contributed by atoms with Gasteiger partial charge in [0.05, 0.1) is 11.3 Å². The molecule has 3 rings (SSSR count). The van der Waals surface area contributed by atoms with Crippen LogP contribution in [0.15, 0.2) is 66.5 Å². The Balaban J connectivity index is 1.75. The minimum absolute atomic E-state index is 0.0203. The van der Waals surface area contributed by atoms with E-state index in [2.05, 4.69) is 20.6 Å². The molecule has 38 heavy (non-hydrogen) atoms. The lowest BCUT2D eigenvalue weighted by atomic mass is 10.0. The third-order valence-electron chi connectivity index (χ3n) is 5.15. The molecule has 0 saturated carbocycles. The van der Waals surface area contributed by atoms with Gasteiger partial charge in [-0.3, -0.25) is 10.2 Å². The molecule has 1 amide bonds. The van der Waals surface area contributed by atoms with Crippen molar-refractivity contribution in [2.24, 2.45) is 5.73 Å². The maximum Gasteiger partial charge on any atom is 0.261 e. The van der Waals surface area contributed by atoms with Crippen molar-refractivity contribution in [3.63, 3.8) is 0 Å². The lowest BCUT2D eigenvalue weighted by Crippen LogP contribution is -2.39. The largest absolute Gasteiger partial charge is 0.457 e. The Labute approximate surface area is 220 Å². The summed E-state index contributed by atoms with van der Waals surface area (Å²) in [7, 11) is 0. The maximum absolute atomic E-state index is 15.0. The van der Waals surface area contributed by atoms with Gasteiger partial charge in [-0.2, -0.15) is 5.26 Å². The number of nitrogen functional groups attached to an aromatic ring is 1. The standard InChI is InChI=1S/C27H29FN8O2/c1-16(36-26(37)17(13-29)12-27(2,3)32)14-33-25-22(24(31)34-15-35-25)23(30)20-10-9-19(11-21(20)28)38-18-7-5-4-6-8-18/h4-12,15-16,30H,14,32H2,1-3H3,(H,36,37)(H3,31,33,34,35)/b17-12+,30-23?. The van der Waals surface area contributed by atoms with Crippen molar-refractivity contribution in [3.05, 3.63) is 83.5 Å². The number of amides is 1. The number of rotatable bonds is 10. The van der Waals surface area contributed by atoms with E-state index < -0.39 is 23.3 Å². The Kier molecular flexibility index (Phi) is 8.73. The van der Waals surface area contributed by atoms with Gasteiger partial charge in [0.15, 0.2) is 0 Å². The molecule has 0 aliphatic rings. The highest BCUT2D eigenvalue weighted by Gasteiger charge is 2.21. The number of hydrogen-bond acceptors (Lipinski definition) is 9. The number of nitrogens with two attached hydrogens (primary N) is 2. The predicted octanol–water partition coefficient (Wildman–Crippen LogP) is 3.51. The molecule has 1 unspecified atom stereocenters. The number of ether oxygens (including phenoxy) is 1. The molecule has 1 atom stereocenters. The Morgan fingerprint density at radius 2 is 1.95 bits per heavy atom. The Morgan fingerprint density at radius 1 is 1.24 bits per heavy atom. The average molecular weight is 517 g/mol. The van der Waals surface area contributed by atoms with E-state index in [1.165, 1.54) is 24.5 Å². The fourth-order valence-electron chi connectivity index (χ4n) is 3.42. The first-order valence-corrected chi connectivity index (χ1v) is 11.7. The number of anilines is 2. The summed E-state index contributed by atoms with van der Waals surface area (Å²) in [5, 5.41) is 23.7. The zero-order valence-electron chi connectivity index (χ0n) is 21.2. The Bertz CT molecular complexity index is 1390. The molecule has 7 N–H and O–H groups in total. The minimum Gasteiger partial charge on any atom is -0.457 e. The number of aromatic nitrogens is 2. The molecular formula is C27H29FN8O2. The molecule has 0 aliphatic carbocycles. The monoisotopic (exact) mass is 516 g/mol. The van der Waals surface area contributed by atoms with Gasteiger partial charge in [-0.1, -0.05) is 18.2 Å². The van der Waals surface area contributed by atoms with Gasteiger partial charge in [-0.05, 0) is 51.1 Å². The first kappa shape index (κ1) is 27.8. The average Bonchev–Trinajstić information content (AvgIpc) is 2.86. The molecule has 11 heteroatoms. The van der Waals surface area contributed by atoms with E-state index in [1.807, 2.05) is 12.1 Å². The van der Waals surface area contributed by atoms with E-state index in [4.69, 9.17) is 21.6 Å². The van der Waals surface area contributed by atoms with Crippen LogP contribution in [0, 0.1) is 22.6 Å². The van der Waals surface area contributed by atoms with Crippen LogP contribution in [0.25, 0.3) is 0 Å². The quantitative estimate of drug-likeness (QED) is 0.154. The van der Waals surface area contributed by atoms with Crippen LogP contribution >= 0.6 is 0 Å². The minimum atomic E-state index is -0.835. The summed E-state index contributed by atoms with van der Waals surface area (Å²) in [6.07, 6.45) is 2.60. The molecule has 1 heterocycles. The molecular weight excluding hydrogens is 487 g/mol. The lowest BCUT2D eigenvalue weighted by molar-refractivity contribution is -0.117. The first-order chi connectivity index (χ1) is 18.0. The molecule has 0 aliphatic heterocycles. The van der Waals surface area contributed by atoms with Crippen LogP contribution < -0.4 is 26.8 Å². The first-order valence-electron chi connectivity index (χ1n) is 11.7. The van der Waals surface area contributed by atoms with Gasteiger partial charge in [0, 0.05) is 29.8 Å². The molecule has 0 spiro atoms. The second kappa shape index (κ2) is 11.9. The van der Waals surface area contributed by atoms with Crippen molar-refractivity contribution in [2.45, 2.75) is 32.4 Å². The fraction of sp³-hybridized carbons (Fsp3) is 0.222. The number of nitrogens with zero attached hydrogens (tertiary/aromatic N) is 3. The Morgan fingerprint density at radius 3 is 2.58 bits per heavy atom. The van der Waals surface area contributed by atoms with Crippen LogP contribution in [-0.2, 0) is 4.79 Å². The maximum atomic E-state index is 15.0. The van der Waals surface area contributed by atoms with Gasteiger partial charge >= 0.3 is 0 Å². The van der Waals surface area contributed by atoms with E-state index in [-0.39, 0.29) is 46.3 Å². The van der Waals surface area contributed by atoms with Gasteiger partial charge in [-0.25, -0.2) is 14.4 Å². The van der Waals surface area contributed by atoms with Gasteiger partial charge < -0.3 is 26.8 Å². The summed E-state index contributed by atoms with van der Waals surface area (Å²) in [4.78, 5) is 20.6. The highest BCUT2D eigenvalue weighted by molar-refractivity contribution is 6.16. The van der Waals surface area contributed by atoms with Crippen LogP contribution in [0.1, 0.15) is 31.9 Å². The SMILES string of the molecule is CC(CNc1ncnc(N)c1C(=N)c1ccc(Oc2ccccc2)cc1F)NC(=O)/C(C#N)=C/C(C)(C)N. The number of hydrogen-bond donors (Lipinski definition) is 5. The topological polar surface area (TPSA) is 176 Å². The Hall–Kier alpha value is -4.82. The molecule has 0 radical (unpaired) electrons. The summed E-state index contributed by atoms with van der Waals surface area (Å²) in [6, 6.07) is 14.5. The summed E-state index contributed by atoms with van der Waals surface area (Å²) in [5.74, 6) is -0.270. The number of nitriles is 1. The number of carbonyl (C=O) groups is 1. The van der Waals surface area contributed by atoms with Crippen molar-refractivity contribution in [1.29, 1.82) is 10.7 Å². The van der Waals surface area contributed by atoms with Crippen molar-refractivity contribution in [1.82, 2.24) is 15.3 Å². The van der Waals surface area contributed by atoms with Crippen molar-refractivity contribution in [2.75, 3.05) is 17.6 Å². The second-order valence-corrected chi connectivity index (χ2v) is 9.16. The third-order valence-corrected chi connectivity index (χ3v) is 5.15. The van der Waals surface area contributed by atoms with E-state index in [0.29, 0.717) is 5.75 Å². The van der Waals surface area contributed by atoms with Crippen molar-refractivity contribution < 1.29 is 13.9 Å². The van der Waals surface area contributed by atoms with Crippen molar-refractivity contribution >= 4 is 23.3 Å². The van der Waals surface area contributed by atoms with Crippen LogP contribution in [0.3, 0.4) is 0 Å². The molecule has 10 nitrogen and oxygen atoms in total. The van der Waals surface area contributed by atoms with E-state index >= 15 is 4.39 Å². The van der Waals surface area contributed by atoms with Crippen LogP contribution in [-0.4, -0.2) is 39.7 Å². The van der Waals surface area contributed by atoms with Gasteiger partial charge in [0.2, 0.25) is 0 Å². The van der Waals surface area contributed by atoms with Gasteiger partial charge in [0.1, 0.15) is 46.9 Å². The smallest absolute Gasteiger partial charge is 0.261 e. The van der Waals surface area contributed by atoms with Gasteiger partial charge in [0.25, 0.3) is 5.91 Å². The third kappa shape index (κ3) is 7.35. The van der Waals surface area contributed by atoms with Crippen LogP contribution in [0.4, 0.5) is 16.0 Å². The number of halogens is 1. The lowest BCUT2D eigenvalue weighted by Gasteiger charge is -2.18. The van der Waals surface area contributed by atoms with E-state index in [1.54, 1.807) is 51.1 Å². The molecule has 0 bridgehead atoms. The van der Waals surface area contributed by atoms with Crippen LogP contribution in [0.2, 0.25) is 0 Å². The zero-order chi connectivity index (χ0) is 27.9. The highest BCUT2D eigenvalue weighted by Crippen LogP contribution is 2.27. The summed E-state index contributed by atoms with van der Waals surface area (Å²) in [6.45, 7) is 5.23. The normalized spacial score (nSPS) is 12.3. The number of nitrogens with one attached hydrogen (secondary N) is 3. The number of benzene rings is 2. The number of carbonyl (C=O) groups excluding carboxylic acids is 1. The zero-order valence-corrected chi connectivity index (χ0v) is 21.2.